The van der Waals surface area contributed by atoms with Gasteiger partial charge in [-0.05, 0) is 12.1 Å². The number of nitro groups is 1. The fourth-order valence-electron chi connectivity index (χ4n) is 2.61. The fourth-order valence-corrected chi connectivity index (χ4v) is 3.45. The first-order valence-electron chi connectivity index (χ1n) is 7.71. The van der Waals surface area contributed by atoms with E-state index in [4.69, 9.17) is 4.74 Å². The van der Waals surface area contributed by atoms with E-state index in [9.17, 15) is 10.1 Å². The largest absolute Gasteiger partial charge is 0.497 e. The molecule has 0 N–H and O–H groups in total. The van der Waals surface area contributed by atoms with Crippen LogP contribution in [0.5, 0.6) is 5.75 Å². The summed E-state index contributed by atoms with van der Waals surface area (Å²) < 4.78 is 6.92. The van der Waals surface area contributed by atoms with Crippen LogP contribution in [0.25, 0.3) is 11.4 Å². The van der Waals surface area contributed by atoms with Gasteiger partial charge in [-0.2, -0.15) is 9.78 Å². The molecule has 0 radical (unpaired) electrons. The maximum atomic E-state index is 11.0. The molecule has 0 unspecified atom stereocenters. The van der Waals surface area contributed by atoms with E-state index in [1.807, 2.05) is 30.3 Å². The van der Waals surface area contributed by atoms with E-state index in [1.54, 1.807) is 17.9 Å². The molecule has 4 rings (SSSR count). The lowest BCUT2D eigenvalue weighted by Crippen LogP contribution is -2.14. The van der Waals surface area contributed by atoms with E-state index >= 15 is 0 Å². The van der Waals surface area contributed by atoms with E-state index in [1.165, 1.54) is 23.9 Å². The van der Waals surface area contributed by atoms with Crippen LogP contribution in [-0.4, -0.2) is 38.4 Å². The molecule has 0 saturated carbocycles. The summed E-state index contributed by atoms with van der Waals surface area (Å²) in [5, 5.41) is 24.7. The van der Waals surface area contributed by atoms with Crippen molar-refractivity contribution in [3.63, 3.8) is 0 Å². The third-order valence-electron chi connectivity index (χ3n) is 3.89. The van der Waals surface area contributed by atoms with Gasteiger partial charge in [-0.3, -0.25) is 10.1 Å². The molecule has 10 heteroatoms. The number of rotatable bonds is 4. The van der Waals surface area contributed by atoms with Gasteiger partial charge in [0.05, 0.1) is 17.7 Å². The highest BCUT2D eigenvalue weighted by Gasteiger charge is 2.21. The lowest BCUT2D eigenvalue weighted by atomic mass is 10.1. The zero-order valence-corrected chi connectivity index (χ0v) is 16.6. The third kappa shape index (κ3) is 3.71. The highest BCUT2D eigenvalue weighted by Crippen LogP contribution is 2.30. The van der Waals surface area contributed by atoms with Crippen LogP contribution in [0, 0.1) is 10.1 Å². The minimum atomic E-state index is -0.411. The van der Waals surface area contributed by atoms with Crippen LogP contribution in [0.1, 0.15) is 5.56 Å². The molecular weight excluding hydrogens is 434 g/mol. The molecule has 0 spiro atoms. The summed E-state index contributed by atoms with van der Waals surface area (Å²) in [5.41, 5.74) is 2.31. The summed E-state index contributed by atoms with van der Waals surface area (Å²) in [6.07, 6.45) is 0. The SMILES string of the molecule is Br.COc1cccc(-c2nnc3n2N=C(c2cccc([N+](=O)[O-])c2)CS3)c1. The Morgan fingerprint density at radius 1 is 1.15 bits per heavy atom. The predicted molar refractivity (Wildman–Crippen MR) is 108 cm³/mol. The van der Waals surface area contributed by atoms with E-state index in [0.717, 1.165) is 11.3 Å². The Kier molecular flexibility index (Phi) is 5.57. The van der Waals surface area contributed by atoms with Crippen LogP contribution in [0.15, 0.2) is 58.8 Å². The number of hydrogen-bond donors (Lipinski definition) is 0. The van der Waals surface area contributed by atoms with Crippen molar-refractivity contribution in [1.29, 1.82) is 0 Å². The molecule has 3 aromatic rings. The number of hydrogen-bond acceptors (Lipinski definition) is 7. The Morgan fingerprint density at radius 3 is 2.70 bits per heavy atom. The Labute approximate surface area is 169 Å². The molecule has 2 aromatic carbocycles. The number of non-ortho nitro benzene ring substituents is 1. The molecule has 1 aliphatic heterocycles. The van der Waals surface area contributed by atoms with Crippen molar-refractivity contribution in [3.05, 3.63) is 64.2 Å². The van der Waals surface area contributed by atoms with Gasteiger partial charge in [-0.15, -0.1) is 27.2 Å². The number of halogens is 1. The Bertz CT molecular complexity index is 1040. The van der Waals surface area contributed by atoms with Gasteiger partial charge < -0.3 is 4.74 Å². The van der Waals surface area contributed by atoms with Crippen molar-refractivity contribution in [2.75, 3.05) is 12.9 Å². The van der Waals surface area contributed by atoms with Crippen molar-refractivity contribution in [2.24, 2.45) is 5.10 Å². The van der Waals surface area contributed by atoms with Crippen molar-refractivity contribution >= 4 is 40.1 Å². The molecule has 1 aromatic heterocycles. The van der Waals surface area contributed by atoms with Crippen molar-refractivity contribution in [1.82, 2.24) is 14.9 Å². The van der Waals surface area contributed by atoms with E-state index in [-0.39, 0.29) is 22.7 Å². The molecule has 0 bridgehead atoms. The summed E-state index contributed by atoms with van der Waals surface area (Å²) in [6, 6.07) is 13.9. The Morgan fingerprint density at radius 2 is 1.93 bits per heavy atom. The second-order valence-corrected chi connectivity index (χ2v) is 6.44. The van der Waals surface area contributed by atoms with Gasteiger partial charge in [-0.1, -0.05) is 36.0 Å². The molecule has 0 aliphatic carbocycles. The Hall–Kier alpha value is -2.72. The van der Waals surface area contributed by atoms with Crippen molar-refractivity contribution < 1.29 is 9.66 Å². The number of fused-ring (bicyclic) bond motifs is 1. The van der Waals surface area contributed by atoms with Gasteiger partial charge in [0, 0.05) is 29.0 Å². The van der Waals surface area contributed by atoms with Crippen LogP contribution >= 0.6 is 28.7 Å². The standard InChI is InChI=1S/C17H13N5O3S.BrH/c1-25-14-7-3-5-12(9-14)16-18-19-17-21(16)20-15(10-26-17)11-4-2-6-13(8-11)22(23)24;/h2-9H,10H2,1H3;1H. The van der Waals surface area contributed by atoms with Crippen LogP contribution in [0.3, 0.4) is 0 Å². The summed E-state index contributed by atoms with van der Waals surface area (Å²) in [6.45, 7) is 0. The predicted octanol–water partition coefficient (Wildman–Crippen LogP) is 3.80. The van der Waals surface area contributed by atoms with Gasteiger partial charge >= 0.3 is 0 Å². The average Bonchev–Trinajstić information content (AvgIpc) is 3.11. The van der Waals surface area contributed by atoms with Crippen LogP contribution in [0.2, 0.25) is 0 Å². The highest BCUT2D eigenvalue weighted by atomic mass is 79.9. The summed E-state index contributed by atoms with van der Waals surface area (Å²) in [5.74, 6) is 1.87. The first-order chi connectivity index (χ1) is 12.7. The summed E-state index contributed by atoms with van der Waals surface area (Å²) in [4.78, 5) is 10.6. The number of nitrogens with zero attached hydrogens (tertiary/aromatic N) is 5. The monoisotopic (exact) mass is 447 g/mol. The lowest BCUT2D eigenvalue weighted by Gasteiger charge is -2.14. The van der Waals surface area contributed by atoms with E-state index < -0.39 is 4.92 Å². The number of nitro benzene ring substituents is 1. The molecule has 0 amide bonds. The van der Waals surface area contributed by atoms with Crippen molar-refractivity contribution in [2.45, 2.75) is 5.16 Å². The zero-order chi connectivity index (χ0) is 18.1. The summed E-state index contributed by atoms with van der Waals surface area (Å²) in [7, 11) is 1.60. The minimum Gasteiger partial charge on any atom is -0.497 e. The Balaban J connectivity index is 0.00000210. The van der Waals surface area contributed by atoms with E-state index in [2.05, 4.69) is 15.3 Å². The van der Waals surface area contributed by atoms with Gasteiger partial charge in [0.1, 0.15) is 5.75 Å². The topological polar surface area (TPSA) is 95.4 Å². The molecule has 138 valence electrons. The minimum absolute atomic E-state index is 0. The molecule has 0 fully saturated rings. The molecule has 8 nitrogen and oxygen atoms in total. The van der Waals surface area contributed by atoms with Gasteiger partial charge in [-0.25, -0.2) is 0 Å². The van der Waals surface area contributed by atoms with Crippen LogP contribution in [-0.2, 0) is 0 Å². The van der Waals surface area contributed by atoms with Gasteiger partial charge in [0.15, 0.2) is 5.82 Å². The molecule has 2 heterocycles. The number of thioether (sulfide) groups is 1. The smallest absolute Gasteiger partial charge is 0.270 e. The van der Waals surface area contributed by atoms with Gasteiger partial charge in [0.25, 0.3) is 5.69 Å². The quantitative estimate of drug-likeness (QED) is 0.445. The van der Waals surface area contributed by atoms with Crippen LogP contribution < -0.4 is 4.74 Å². The van der Waals surface area contributed by atoms with E-state index in [0.29, 0.717) is 28.0 Å². The second kappa shape index (κ2) is 7.89. The van der Waals surface area contributed by atoms with Crippen LogP contribution in [0.4, 0.5) is 5.69 Å². The average molecular weight is 448 g/mol. The zero-order valence-electron chi connectivity index (χ0n) is 14.1. The molecule has 0 saturated heterocycles. The van der Waals surface area contributed by atoms with Gasteiger partial charge in [0.2, 0.25) is 5.16 Å². The number of methoxy groups -OCH3 is 1. The normalized spacial score (nSPS) is 12.6. The number of aromatic nitrogens is 3. The lowest BCUT2D eigenvalue weighted by molar-refractivity contribution is -0.384. The molecule has 0 atom stereocenters. The first-order valence-corrected chi connectivity index (χ1v) is 8.69. The maximum Gasteiger partial charge on any atom is 0.270 e. The number of ether oxygens (including phenoxy) is 1. The molecular formula is C17H14BrN5O3S. The highest BCUT2D eigenvalue weighted by molar-refractivity contribution is 8.93. The summed E-state index contributed by atoms with van der Waals surface area (Å²) >= 11 is 1.49. The second-order valence-electron chi connectivity index (χ2n) is 5.49. The third-order valence-corrected chi connectivity index (χ3v) is 4.82. The van der Waals surface area contributed by atoms with Crippen molar-refractivity contribution in [3.8, 4) is 17.1 Å². The maximum absolute atomic E-state index is 11.0. The molecule has 1 aliphatic rings. The number of benzene rings is 2. The molecule has 27 heavy (non-hydrogen) atoms. The first kappa shape index (κ1) is 19.1. The fraction of sp³-hybridized carbons (Fsp3) is 0.118.